The van der Waals surface area contributed by atoms with Gasteiger partial charge in [0.1, 0.15) is 0 Å². The van der Waals surface area contributed by atoms with Crippen LogP contribution in [0.4, 0.5) is 0 Å². The Morgan fingerprint density at radius 2 is 1.94 bits per heavy atom. The van der Waals surface area contributed by atoms with E-state index in [2.05, 4.69) is 11.4 Å². The van der Waals surface area contributed by atoms with Crippen LogP contribution in [-0.4, -0.2) is 33.6 Å². The SMILES string of the molecule is CNC(Cc1ccc(C)cc1Cl)C(OC)OC. The van der Waals surface area contributed by atoms with Crippen molar-refractivity contribution in [3.8, 4) is 0 Å². The average molecular weight is 258 g/mol. The highest BCUT2D eigenvalue weighted by molar-refractivity contribution is 6.31. The van der Waals surface area contributed by atoms with E-state index in [1.165, 1.54) is 0 Å². The summed E-state index contributed by atoms with van der Waals surface area (Å²) in [7, 11) is 5.16. The van der Waals surface area contributed by atoms with E-state index >= 15 is 0 Å². The van der Waals surface area contributed by atoms with Crippen LogP contribution in [0.25, 0.3) is 0 Å². The van der Waals surface area contributed by atoms with Gasteiger partial charge in [-0.15, -0.1) is 0 Å². The van der Waals surface area contributed by atoms with Crippen molar-refractivity contribution in [3.05, 3.63) is 34.3 Å². The number of hydrogen-bond donors (Lipinski definition) is 1. The lowest BCUT2D eigenvalue weighted by Crippen LogP contribution is -2.41. The smallest absolute Gasteiger partial charge is 0.172 e. The van der Waals surface area contributed by atoms with Gasteiger partial charge >= 0.3 is 0 Å². The first kappa shape index (κ1) is 14.5. The van der Waals surface area contributed by atoms with Crippen LogP contribution in [0.3, 0.4) is 0 Å². The van der Waals surface area contributed by atoms with E-state index in [0.29, 0.717) is 0 Å². The Bertz CT molecular complexity index is 353. The summed E-state index contributed by atoms with van der Waals surface area (Å²) in [6, 6.07) is 6.15. The lowest BCUT2D eigenvalue weighted by molar-refractivity contribution is -0.121. The molecule has 0 radical (unpaired) electrons. The maximum atomic E-state index is 6.21. The molecule has 0 amide bonds. The van der Waals surface area contributed by atoms with Crippen LogP contribution in [0.1, 0.15) is 11.1 Å². The molecule has 1 atom stereocenters. The molecule has 1 aromatic rings. The number of rotatable bonds is 6. The molecule has 0 saturated heterocycles. The molecule has 3 nitrogen and oxygen atoms in total. The Balaban J connectivity index is 2.80. The standard InChI is InChI=1S/C13H20ClNO2/c1-9-5-6-10(11(14)7-9)8-12(15-2)13(16-3)17-4/h5-7,12-13,15H,8H2,1-4H3. The second-order valence-corrected chi connectivity index (χ2v) is 4.44. The van der Waals surface area contributed by atoms with E-state index in [4.69, 9.17) is 21.1 Å². The number of methoxy groups -OCH3 is 2. The number of aryl methyl sites for hydroxylation is 1. The van der Waals surface area contributed by atoms with Gasteiger partial charge in [-0.05, 0) is 37.6 Å². The number of ether oxygens (including phenoxy) is 2. The number of likely N-dealkylation sites (N-methyl/N-ethyl adjacent to an activating group) is 1. The fourth-order valence-electron chi connectivity index (χ4n) is 1.81. The fourth-order valence-corrected chi connectivity index (χ4v) is 2.13. The summed E-state index contributed by atoms with van der Waals surface area (Å²) < 4.78 is 10.5. The van der Waals surface area contributed by atoms with E-state index in [1.54, 1.807) is 14.2 Å². The van der Waals surface area contributed by atoms with E-state index in [9.17, 15) is 0 Å². The first-order chi connectivity index (χ1) is 8.12. The van der Waals surface area contributed by atoms with E-state index < -0.39 is 0 Å². The summed E-state index contributed by atoms with van der Waals surface area (Å²) in [5, 5.41) is 3.97. The minimum Gasteiger partial charge on any atom is -0.354 e. The third-order valence-corrected chi connectivity index (χ3v) is 3.16. The summed E-state index contributed by atoms with van der Waals surface area (Å²) in [6.45, 7) is 2.03. The molecule has 1 rings (SSSR count). The van der Waals surface area contributed by atoms with Gasteiger partial charge in [0.25, 0.3) is 0 Å². The molecule has 0 spiro atoms. The van der Waals surface area contributed by atoms with E-state index in [0.717, 1.165) is 22.6 Å². The van der Waals surface area contributed by atoms with Crippen LogP contribution in [-0.2, 0) is 15.9 Å². The van der Waals surface area contributed by atoms with Gasteiger partial charge in [0, 0.05) is 19.2 Å². The topological polar surface area (TPSA) is 30.5 Å². The van der Waals surface area contributed by atoms with Crippen molar-refractivity contribution in [2.24, 2.45) is 0 Å². The second-order valence-electron chi connectivity index (χ2n) is 4.03. The van der Waals surface area contributed by atoms with Crippen LogP contribution >= 0.6 is 11.6 Å². The first-order valence-corrected chi connectivity index (χ1v) is 5.98. The quantitative estimate of drug-likeness (QED) is 0.794. The van der Waals surface area contributed by atoms with Crippen molar-refractivity contribution in [3.63, 3.8) is 0 Å². The lowest BCUT2D eigenvalue weighted by Gasteiger charge is -2.24. The highest BCUT2D eigenvalue weighted by Gasteiger charge is 2.20. The summed E-state index contributed by atoms with van der Waals surface area (Å²) in [6.07, 6.45) is 0.486. The molecule has 96 valence electrons. The van der Waals surface area contributed by atoms with Gasteiger partial charge in [0.05, 0.1) is 6.04 Å². The van der Waals surface area contributed by atoms with Crippen molar-refractivity contribution in [2.75, 3.05) is 21.3 Å². The van der Waals surface area contributed by atoms with Crippen molar-refractivity contribution in [1.29, 1.82) is 0 Å². The van der Waals surface area contributed by atoms with E-state index in [-0.39, 0.29) is 12.3 Å². The average Bonchev–Trinajstić information content (AvgIpc) is 2.32. The molecule has 17 heavy (non-hydrogen) atoms. The molecule has 0 fully saturated rings. The molecule has 0 aliphatic heterocycles. The zero-order valence-corrected chi connectivity index (χ0v) is 11.5. The van der Waals surface area contributed by atoms with Crippen molar-refractivity contribution >= 4 is 11.6 Å². The summed E-state index contributed by atoms with van der Waals surface area (Å²) in [5.74, 6) is 0. The largest absolute Gasteiger partial charge is 0.354 e. The Morgan fingerprint density at radius 3 is 2.41 bits per heavy atom. The molecule has 1 unspecified atom stereocenters. The number of nitrogens with one attached hydrogen (secondary N) is 1. The van der Waals surface area contributed by atoms with Crippen LogP contribution in [0.15, 0.2) is 18.2 Å². The molecular weight excluding hydrogens is 238 g/mol. The maximum Gasteiger partial charge on any atom is 0.172 e. The third-order valence-electron chi connectivity index (χ3n) is 2.81. The normalized spacial score (nSPS) is 13.1. The predicted octanol–water partition coefficient (Wildman–Crippen LogP) is 2.40. The van der Waals surface area contributed by atoms with Crippen molar-refractivity contribution in [2.45, 2.75) is 25.7 Å². The van der Waals surface area contributed by atoms with Gasteiger partial charge in [0.15, 0.2) is 6.29 Å². The van der Waals surface area contributed by atoms with E-state index in [1.807, 2.05) is 26.1 Å². The number of halogens is 1. The molecule has 0 heterocycles. The molecular formula is C13H20ClNO2. The predicted molar refractivity (Wildman–Crippen MR) is 70.5 cm³/mol. The van der Waals surface area contributed by atoms with Crippen LogP contribution < -0.4 is 5.32 Å². The Morgan fingerprint density at radius 1 is 1.29 bits per heavy atom. The van der Waals surface area contributed by atoms with Crippen LogP contribution in [0, 0.1) is 6.92 Å². The van der Waals surface area contributed by atoms with Gasteiger partial charge in [0.2, 0.25) is 0 Å². The highest BCUT2D eigenvalue weighted by Crippen LogP contribution is 2.20. The zero-order chi connectivity index (χ0) is 12.8. The van der Waals surface area contributed by atoms with Crippen molar-refractivity contribution in [1.82, 2.24) is 5.32 Å². The van der Waals surface area contributed by atoms with Gasteiger partial charge in [-0.25, -0.2) is 0 Å². The lowest BCUT2D eigenvalue weighted by atomic mass is 10.0. The number of benzene rings is 1. The molecule has 0 saturated carbocycles. The molecule has 4 heteroatoms. The molecule has 0 aliphatic carbocycles. The summed E-state index contributed by atoms with van der Waals surface area (Å²) >= 11 is 6.21. The van der Waals surface area contributed by atoms with Crippen molar-refractivity contribution < 1.29 is 9.47 Å². The highest BCUT2D eigenvalue weighted by atomic mass is 35.5. The van der Waals surface area contributed by atoms with Crippen LogP contribution in [0.2, 0.25) is 5.02 Å². The Labute approximate surface area is 108 Å². The Hall–Kier alpha value is -0.610. The summed E-state index contributed by atoms with van der Waals surface area (Å²) in [4.78, 5) is 0. The van der Waals surface area contributed by atoms with Crippen LogP contribution in [0.5, 0.6) is 0 Å². The second kappa shape index (κ2) is 6.97. The summed E-state index contributed by atoms with van der Waals surface area (Å²) in [5.41, 5.74) is 2.26. The zero-order valence-electron chi connectivity index (χ0n) is 10.8. The van der Waals surface area contributed by atoms with Gasteiger partial charge in [-0.1, -0.05) is 23.7 Å². The van der Waals surface area contributed by atoms with Gasteiger partial charge < -0.3 is 14.8 Å². The molecule has 0 bridgehead atoms. The van der Waals surface area contributed by atoms with Gasteiger partial charge in [-0.2, -0.15) is 0 Å². The Kier molecular flexibility index (Phi) is 5.92. The van der Waals surface area contributed by atoms with Gasteiger partial charge in [-0.3, -0.25) is 0 Å². The molecule has 1 N–H and O–H groups in total. The molecule has 0 aliphatic rings. The third kappa shape index (κ3) is 3.96. The minimum atomic E-state index is -0.280. The number of hydrogen-bond acceptors (Lipinski definition) is 3. The monoisotopic (exact) mass is 257 g/mol. The first-order valence-electron chi connectivity index (χ1n) is 5.60. The fraction of sp³-hybridized carbons (Fsp3) is 0.538. The molecule has 1 aromatic carbocycles. The maximum absolute atomic E-state index is 6.21. The molecule has 0 aromatic heterocycles. The minimum absolute atomic E-state index is 0.0743.